The smallest absolute Gasteiger partial charge is 0.231 e. The van der Waals surface area contributed by atoms with Crippen molar-refractivity contribution in [3.05, 3.63) is 59.0 Å². The molecule has 3 aromatic rings. The van der Waals surface area contributed by atoms with E-state index in [0.29, 0.717) is 0 Å². The number of aryl methyl sites for hydroxylation is 1. The molecule has 2 aliphatic heterocycles. The summed E-state index contributed by atoms with van der Waals surface area (Å²) in [6, 6.07) is 12.2. The number of rotatable bonds is 3. The fraction of sp³-hybridized carbons (Fsp3) is 0.300. The van der Waals surface area contributed by atoms with Crippen LogP contribution in [0, 0.1) is 6.92 Å². The van der Waals surface area contributed by atoms with Gasteiger partial charge in [0.1, 0.15) is 0 Å². The number of ether oxygens (including phenoxy) is 2. The van der Waals surface area contributed by atoms with Crippen LogP contribution in [0.2, 0.25) is 0 Å². The maximum atomic E-state index is 5.51. The average molecular weight is 348 g/mol. The average Bonchev–Trinajstić information content (AvgIpc) is 3.27. The van der Waals surface area contributed by atoms with Crippen LogP contribution in [0.15, 0.2) is 36.4 Å². The van der Waals surface area contributed by atoms with Crippen molar-refractivity contribution in [1.82, 2.24) is 20.1 Å². The van der Waals surface area contributed by atoms with Crippen LogP contribution in [0.3, 0.4) is 0 Å². The first-order valence-electron chi connectivity index (χ1n) is 8.87. The molecule has 0 unspecified atom stereocenters. The van der Waals surface area contributed by atoms with Gasteiger partial charge in [-0.1, -0.05) is 6.07 Å². The van der Waals surface area contributed by atoms with Gasteiger partial charge in [-0.3, -0.25) is 15.0 Å². The van der Waals surface area contributed by atoms with Crippen molar-refractivity contribution in [2.24, 2.45) is 0 Å². The first kappa shape index (κ1) is 15.4. The molecule has 132 valence electrons. The summed E-state index contributed by atoms with van der Waals surface area (Å²) in [6.45, 7) is 5.05. The highest BCUT2D eigenvalue weighted by molar-refractivity contribution is 5.68. The Morgan fingerprint density at radius 2 is 2.08 bits per heavy atom. The van der Waals surface area contributed by atoms with Crippen LogP contribution in [0.1, 0.15) is 22.6 Å². The van der Waals surface area contributed by atoms with Crippen LogP contribution in [0.5, 0.6) is 11.5 Å². The predicted octanol–water partition coefficient (Wildman–Crippen LogP) is 3.07. The highest BCUT2D eigenvalue weighted by Crippen LogP contribution is 2.37. The van der Waals surface area contributed by atoms with Gasteiger partial charge < -0.3 is 9.47 Å². The van der Waals surface area contributed by atoms with Gasteiger partial charge in [0.25, 0.3) is 0 Å². The van der Waals surface area contributed by atoms with Crippen LogP contribution in [-0.2, 0) is 19.5 Å². The standard InChI is InChI=1S/C20H20N4O2/c1-13-3-2-4-15(21-13)10-24-8-7-17-16(11-24)20(23-22-17)14-5-6-18-19(9-14)26-12-25-18/h2-6,9H,7-8,10-12H2,1H3,(H,22,23). The summed E-state index contributed by atoms with van der Waals surface area (Å²) >= 11 is 0. The van der Waals surface area contributed by atoms with Crippen molar-refractivity contribution < 1.29 is 9.47 Å². The van der Waals surface area contributed by atoms with E-state index in [-0.39, 0.29) is 6.79 Å². The Hall–Kier alpha value is -2.86. The molecule has 0 amide bonds. The fourth-order valence-electron chi connectivity index (χ4n) is 3.69. The zero-order valence-corrected chi connectivity index (χ0v) is 14.7. The summed E-state index contributed by atoms with van der Waals surface area (Å²) in [4.78, 5) is 7.06. The van der Waals surface area contributed by atoms with E-state index >= 15 is 0 Å². The summed E-state index contributed by atoms with van der Waals surface area (Å²) in [5.41, 5.74) is 6.72. The van der Waals surface area contributed by atoms with Crippen LogP contribution in [0.25, 0.3) is 11.3 Å². The van der Waals surface area contributed by atoms with Crippen LogP contribution < -0.4 is 9.47 Å². The Morgan fingerprint density at radius 1 is 1.15 bits per heavy atom. The molecule has 0 atom stereocenters. The van der Waals surface area contributed by atoms with Crippen molar-refractivity contribution in [1.29, 1.82) is 0 Å². The monoisotopic (exact) mass is 348 g/mol. The molecule has 2 aromatic heterocycles. The summed E-state index contributed by atoms with van der Waals surface area (Å²) in [6.07, 6.45) is 0.971. The number of nitrogens with zero attached hydrogens (tertiary/aromatic N) is 3. The van der Waals surface area contributed by atoms with Gasteiger partial charge in [-0.05, 0) is 37.3 Å². The number of fused-ring (bicyclic) bond motifs is 2. The second-order valence-electron chi connectivity index (χ2n) is 6.83. The number of pyridine rings is 1. The number of aromatic nitrogens is 3. The third-order valence-corrected chi connectivity index (χ3v) is 4.99. The van der Waals surface area contributed by atoms with E-state index in [1.807, 2.05) is 31.2 Å². The van der Waals surface area contributed by atoms with Gasteiger partial charge in [0.05, 0.1) is 11.4 Å². The van der Waals surface area contributed by atoms with Crippen molar-refractivity contribution in [3.63, 3.8) is 0 Å². The molecule has 6 nitrogen and oxygen atoms in total. The van der Waals surface area contributed by atoms with Gasteiger partial charge in [-0.15, -0.1) is 0 Å². The minimum Gasteiger partial charge on any atom is -0.454 e. The number of benzene rings is 1. The Labute approximate surface area is 151 Å². The SMILES string of the molecule is Cc1cccc(CN2CCc3[nH]nc(-c4ccc5c(c4)OCO5)c3C2)n1. The van der Waals surface area contributed by atoms with Crippen LogP contribution >= 0.6 is 0 Å². The molecule has 0 aliphatic carbocycles. The Bertz CT molecular complexity index is 966. The molecular formula is C20H20N4O2. The van der Waals surface area contributed by atoms with Gasteiger partial charge in [0, 0.05) is 48.6 Å². The first-order valence-corrected chi connectivity index (χ1v) is 8.87. The molecule has 1 N–H and O–H groups in total. The normalized spacial score (nSPS) is 15.9. The van der Waals surface area contributed by atoms with Gasteiger partial charge in [-0.25, -0.2) is 0 Å². The van der Waals surface area contributed by atoms with Gasteiger partial charge >= 0.3 is 0 Å². The maximum absolute atomic E-state index is 5.51. The van der Waals surface area contributed by atoms with E-state index in [1.54, 1.807) is 0 Å². The lowest BCUT2D eigenvalue weighted by Gasteiger charge is -2.26. The lowest BCUT2D eigenvalue weighted by molar-refractivity contribution is 0.174. The zero-order valence-electron chi connectivity index (χ0n) is 14.7. The fourth-order valence-corrected chi connectivity index (χ4v) is 3.69. The minimum absolute atomic E-state index is 0.286. The molecule has 0 saturated carbocycles. The summed E-state index contributed by atoms with van der Waals surface area (Å²) in [5.74, 6) is 1.58. The molecule has 0 radical (unpaired) electrons. The van der Waals surface area contributed by atoms with Crippen LogP contribution in [-0.4, -0.2) is 33.4 Å². The Morgan fingerprint density at radius 3 is 3.00 bits per heavy atom. The molecule has 0 fully saturated rings. The largest absolute Gasteiger partial charge is 0.454 e. The van der Waals surface area contributed by atoms with E-state index in [0.717, 1.165) is 60.2 Å². The van der Waals surface area contributed by atoms with E-state index in [1.165, 1.54) is 11.3 Å². The molecule has 5 rings (SSSR count). The van der Waals surface area contributed by atoms with Crippen molar-refractivity contribution in [3.8, 4) is 22.8 Å². The molecule has 1 aromatic carbocycles. The molecule has 0 saturated heterocycles. The maximum Gasteiger partial charge on any atom is 0.231 e. The van der Waals surface area contributed by atoms with E-state index < -0.39 is 0 Å². The molecule has 0 spiro atoms. The minimum atomic E-state index is 0.286. The van der Waals surface area contributed by atoms with E-state index in [4.69, 9.17) is 9.47 Å². The summed E-state index contributed by atoms with van der Waals surface area (Å²) in [7, 11) is 0. The van der Waals surface area contributed by atoms with Crippen molar-refractivity contribution in [2.45, 2.75) is 26.4 Å². The number of hydrogen-bond donors (Lipinski definition) is 1. The highest BCUT2D eigenvalue weighted by atomic mass is 16.7. The zero-order chi connectivity index (χ0) is 17.5. The van der Waals surface area contributed by atoms with Crippen molar-refractivity contribution in [2.75, 3.05) is 13.3 Å². The van der Waals surface area contributed by atoms with Crippen LogP contribution in [0.4, 0.5) is 0 Å². The van der Waals surface area contributed by atoms with E-state index in [9.17, 15) is 0 Å². The highest BCUT2D eigenvalue weighted by Gasteiger charge is 2.24. The Balaban J connectivity index is 1.42. The molecule has 6 heteroatoms. The summed E-state index contributed by atoms with van der Waals surface area (Å²) < 4.78 is 10.9. The number of aromatic amines is 1. The second kappa shape index (κ2) is 6.14. The Kier molecular flexibility index (Phi) is 3.64. The third kappa shape index (κ3) is 2.72. The third-order valence-electron chi connectivity index (χ3n) is 4.99. The van der Waals surface area contributed by atoms with Gasteiger partial charge in [0.15, 0.2) is 11.5 Å². The quantitative estimate of drug-likeness (QED) is 0.788. The first-order chi connectivity index (χ1) is 12.8. The molecule has 2 aliphatic rings. The summed E-state index contributed by atoms with van der Waals surface area (Å²) in [5, 5.41) is 7.81. The number of hydrogen-bond acceptors (Lipinski definition) is 5. The van der Waals surface area contributed by atoms with Gasteiger partial charge in [-0.2, -0.15) is 5.10 Å². The second-order valence-corrected chi connectivity index (χ2v) is 6.83. The topological polar surface area (TPSA) is 63.3 Å². The van der Waals surface area contributed by atoms with Crippen molar-refractivity contribution >= 4 is 0 Å². The lowest BCUT2D eigenvalue weighted by atomic mass is 10.0. The van der Waals surface area contributed by atoms with Gasteiger partial charge in [0.2, 0.25) is 6.79 Å². The number of nitrogens with one attached hydrogen (secondary N) is 1. The number of H-pyrrole nitrogens is 1. The molecular weight excluding hydrogens is 328 g/mol. The predicted molar refractivity (Wildman–Crippen MR) is 96.9 cm³/mol. The molecule has 26 heavy (non-hydrogen) atoms. The molecule has 0 bridgehead atoms. The lowest BCUT2D eigenvalue weighted by Crippen LogP contribution is -2.30. The molecule has 4 heterocycles. The van der Waals surface area contributed by atoms with E-state index in [2.05, 4.69) is 32.2 Å².